The number of nitrogens with zero attached hydrogens (tertiary/aromatic N) is 2. The highest BCUT2D eigenvalue weighted by Gasteiger charge is 2.21. The topological polar surface area (TPSA) is 37.4 Å². The number of likely N-dealkylation sites (N-methyl/N-ethyl adjacent to an activating group) is 1. The van der Waals surface area contributed by atoms with Crippen LogP contribution in [0, 0.1) is 0 Å². The average Bonchev–Trinajstić information content (AvgIpc) is 2.92. The van der Waals surface area contributed by atoms with Gasteiger partial charge in [-0.05, 0) is 37.1 Å². The van der Waals surface area contributed by atoms with E-state index in [-0.39, 0.29) is 0 Å². The van der Waals surface area contributed by atoms with E-state index in [1.807, 2.05) is 6.20 Å². The summed E-state index contributed by atoms with van der Waals surface area (Å²) in [5.41, 5.74) is 1.29. The maximum Gasteiger partial charge on any atom is 0.128 e. The summed E-state index contributed by atoms with van der Waals surface area (Å²) in [5.74, 6) is 1.04. The van der Waals surface area contributed by atoms with Gasteiger partial charge in [-0.25, -0.2) is 4.98 Å². The van der Waals surface area contributed by atoms with Crippen LogP contribution in [0.15, 0.2) is 18.3 Å². The summed E-state index contributed by atoms with van der Waals surface area (Å²) in [6.07, 6.45) is 4.15. The fraction of sp³-hybridized carbons (Fsp3) is 0.643. The number of hydrogen-bond donors (Lipinski definition) is 1. The smallest absolute Gasteiger partial charge is 0.128 e. The summed E-state index contributed by atoms with van der Waals surface area (Å²) in [4.78, 5) is 6.69. The number of nitrogens with one attached hydrogen (secondary N) is 1. The van der Waals surface area contributed by atoms with E-state index < -0.39 is 0 Å². The van der Waals surface area contributed by atoms with Crippen LogP contribution >= 0.6 is 0 Å². The van der Waals surface area contributed by atoms with Gasteiger partial charge in [0.25, 0.3) is 0 Å². The number of pyridine rings is 1. The molecule has 0 radical (unpaired) electrons. The third-order valence-electron chi connectivity index (χ3n) is 3.38. The van der Waals surface area contributed by atoms with Crippen molar-refractivity contribution >= 4 is 5.82 Å². The molecule has 0 aromatic carbocycles. The van der Waals surface area contributed by atoms with Gasteiger partial charge in [-0.1, -0.05) is 6.92 Å². The summed E-state index contributed by atoms with van der Waals surface area (Å²) < 4.78 is 5.43. The first-order valence-corrected chi connectivity index (χ1v) is 6.77. The first-order valence-electron chi connectivity index (χ1n) is 6.77. The standard InChI is InChI=1S/C14H23N3O/c1-3-6-15-10-12-4-7-16-14(9-12)17(2)13-5-8-18-11-13/h4,7,9,13,15H,3,5-6,8,10-11H2,1-2H3. The molecule has 4 nitrogen and oxygen atoms in total. The molecule has 18 heavy (non-hydrogen) atoms. The van der Waals surface area contributed by atoms with E-state index in [1.165, 1.54) is 5.56 Å². The molecule has 1 aliphatic heterocycles. The van der Waals surface area contributed by atoms with Crippen LogP contribution in [0.1, 0.15) is 25.3 Å². The van der Waals surface area contributed by atoms with Gasteiger partial charge in [0, 0.05) is 26.4 Å². The second-order valence-electron chi connectivity index (χ2n) is 4.83. The predicted molar refractivity (Wildman–Crippen MR) is 73.9 cm³/mol. The Balaban J connectivity index is 1.97. The zero-order chi connectivity index (χ0) is 12.8. The van der Waals surface area contributed by atoms with Crippen molar-refractivity contribution in [3.8, 4) is 0 Å². The first kappa shape index (κ1) is 13.3. The molecule has 2 heterocycles. The van der Waals surface area contributed by atoms with E-state index in [0.717, 1.165) is 45.0 Å². The first-order chi connectivity index (χ1) is 8.81. The molecule has 0 aliphatic carbocycles. The summed E-state index contributed by atoms with van der Waals surface area (Å²) in [5, 5.41) is 3.42. The molecule has 1 fully saturated rings. The second-order valence-corrected chi connectivity index (χ2v) is 4.83. The zero-order valence-electron chi connectivity index (χ0n) is 11.4. The van der Waals surface area contributed by atoms with Crippen molar-refractivity contribution in [2.75, 3.05) is 31.7 Å². The molecule has 2 rings (SSSR count). The van der Waals surface area contributed by atoms with Gasteiger partial charge in [-0.3, -0.25) is 0 Å². The predicted octanol–water partition coefficient (Wildman–Crippen LogP) is 1.81. The number of anilines is 1. The van der Waals surface area contributed by atoms with Crippen molar-refractivity contribution in [2.45, 2.75) is 32.4 Å². The molecule has 0 spiro atoms. The van der Waals surface area contributed by atoms with Crippen LogP contribution in [0.2, 0.25) is 0 Å². The maximum absolute atomic E-state index is 5.43. The van der Waals surface area contributed by atoms with Crippen LogP contribution in [0.25, 0.3) is 0 Å². The van der Waals surface area contributed by atoms with Crippen LogP contribution in [0.3, 0.4) is 0 Å². The van der Waals surface area contributed by atoms with E-state index in [0.29, 0.717) is 6.04 Å². The molecule has 0 bridgehead atoms. The zero-order valence-corrected chi connectivity index (χ0v) is 11.4. The molecule has 1 aromatic rings. The lowest BCUT2D eigenvalue weighted by Crippen LogP contribution is -2.32. The molecule has 0 saturated carbocycles. The molecular formula is C14H23N3O. The van der Waals surface area contributed by atoms with Gasteiger partial charge in [-0.2, -0.15) is 0 Å². The van der Waals surface area contributed by atoms with E-state index in [2.05, 4.69) is 41.3 Å². The average molecular weight is 249 g/mol. The summed E-state index contributed by atoms with van der Waals surface area (Å²) in [7, 11) is 2.10. The van der Waals surface area contributed by atoms with E-state index in [1.54, 1.807) is 0 Å². The molecule has 1 unspecified atom stereocenters. The van der Waals surface area contributed by atoms with Gasteiger partial charge in [0.05, 0.1) is 12.6 Å². The molecule has 1 N–H and O–H groups in total. The molecule has 1 saturated heterocycles. The summed E-state index contributed by atoms with van der Waals surface area (Å²) in [6, 6.07) is 4.71. The van der Waals surface area contributed by atoms with Crippen molar-refractivity contribution in [1.29, 1.82) is 0 Å². The van der Waals surface area contributed by atoms with Crippen LogP contribution in [0.4, 0.5) is 5.82 Å². The second kappa shape index (κ2) is 6.71. The molecule has 1 atom stereocenters. The Bertz CT molecular complexity index is 364. The van der Waals surface area contributed by atoms with Crippen molar-refractivity contribution in [2.24, 2.45) is 0 Å². The quantitative estimate of drug-likeness (QED) is 0.780. The molecule has 1 aliphatic rings. The Labute approximate surface area is 109 Å². The van der Waals surface area contributed by atoms with Gasteiger partial charge in [0.15, 0.2) is 0 Å². The molecule has 1 aromatic heterocycles. The highest BCUT2D eigenvalue weighted by molar-refractivity contribution is 5.41. The van der Waals surface area contributed by atoms with E-state index in [9.17, 15) is 0 Å². The molecular weight excluding hydrogens is 226 g/mol. The molecule has 0 amide bonds. The van der Waals surface area contributed by atoms with Crippen molar-refractivity contribution in [3.05, 3.63) is 23.9 Å². The Hall–Kier alpha value is -1.13. The largest absolute Gasteiger partial charge is 0.379 e. The van der Waals surface area contributed by atoms with Crippen molar-refractivity contribution in [3.63, 3.8) is 0 Å². The van der Waals surface area contributed by atoms with Crippen molar-refractivity contribution < 1.29 is 4.74 Å². The van der Waals surface area contributed by atoms with Crippen LogP contribution in [-0.4, -0.2) is 37.8 Å². The van der Waals surface area contributed by atoms with Gasteiger partial charge < -0.3 is 15.0 Å². The third kappa shape index (κ3) is 3.43. The molecule has 100 valence electrons. The molecule has 4 heteroatoms. The lowest BCUT2D eigenvalue weighted by atomic mass is 10.2. The van der Waals surface area contributed by atoms with Gasteiger partial charge in [0.1, 0.15) is 5.82 Å². The van der Waals surface area contributed by atoms with Gasteiger partial charge in [0.2, 0.25) is 0 Å². The van der Waals surface area contributed by atoms with Crippen LogP contribution in [-0.2, 0) is 11.3 Å². The fourth-order valence-electron chi connectivity index (χ4n) is 2.19. The van der Waals surface area contributed by atoms with Crippen molar-refractivity contribution in [1.82, 2.24) is 10.3 Å². The Kier molecular flexibility index (Phi) is 4.96. The SMILES string of the molecule is CCCNCc1ccnc(N(C)C2CCOC2)c1. The Morgan fingerprint density at radius 3 is 3.17 bits per heavy atom. The minimum atomic E-state index is 0.469. The minimum Gasteiger partial charge on any atom is -0.379 e. The number of hydrogen-bond acceptors (Lipinski definition) is 4. The summed E-state index contributed by atoms with van der Waals surface area (Å²) >= 11 is 0. The highest BCUT2D eigenvalue weighted by Crippen LogP contribution is 2.18. The van der Waals surface area contributed by atoms with E-state index >= 15 is 0 Å². The Morgan fingerprint density at radius 1 is 1.56 bits per heavy atom. The summed E-state index contributed by atoms with van der Waals surface area (Å²) in [6.45, 7) is 5.84. The maximum atomic E-state index is 5.43. The lowest BCUT2D eigenvalue weighted by Gasteiger charge is -2.24. The van der Waals surface area contributed by atoms with Crippen LogP contribution in [0.5, 0.6) is 0 Å². The Morgan fingerprint density at radius 2 is 2.44 bits per heavy atom. The highest BCUT2D eigenvalue weighted by atomic mass is 16.5. The normalized spacial score (nSPS) is 19.1. The fourth-order valence-corrected chi connectivity index (χ4v) is 2.19. The van der Waals surface area contributed by atoms with Gasteiger partial charge >= 0.3 is 0 Å². The number of aromatic nitrogens is 1. The van der Waals surface area contributed by atoms with Gasteiger partial charge in [-0.15, -0.1) is 0 Å². The lowest BCUT2D eigenvalue weighted by molar-refractivity contribution is 0.193. The number of rotatable bonds is 6. The third-order valence-corrected chi connectivity index (χ3v) is 3.38. The van der Waals surface area contributed by atoms with E-state index in [4.69, 9.17) is 4.74 Å². The minimum absolute atomic E-state index is 0.469. The monoisotopic (exact) mass is 249 g/mol. The van der Waals surface area contributed by atoms with Crippen LogP contribution < -0.4 is 10.2 Å². The number of ether oxygens (including phenoxy) is 1.